The van der Waals surface area contributed by atoms with Crippen LogP contribution < -0.4 is 4.90 Å². The van der Waals surface area contributed by atoms with Crippen molar-refractivity contribution in [2.45, 2.75) is 0 Å². The van der Waals surface area contributed by atoms with Gasteiger partial charge < -0.3 is 4.90 Å². The molecule has 0 saturated heterocycles. The van der Waals surface area contributed by atoms with E-state index in [0.717, 1.165) is 17.1 Å². The van der Waals surface area contributed by atoms with E-state index in [-0.39, 0.29) is 0 Å². The Morgan fingerprint density at radius 3 is 1.28 bits per heavy atom. The number of anilines is 3. The standard InChI is InChI=1S/C46H33N/c1-4-12-34(13-5-1)39-17-10-18-40(32-39)35-24-28-43(29-25-35)47(42-19-8-3-9-20-42)44-30-26-36(27-31-44)41-23-22-38-16-11-21-45(46(38)33-41)37-14-6-2-7-15-37/h1-33H. The molecule has 0 aromatic heterocycles. The SMILES string of the molecule is c1ccc(-c2cccc(-c3ccc(N(c4ccccc4)c4ccc(-c5ccc6cccc(-c7ccccc7)c6c5)cc4)cc3)c2)cc1. The molecule has 0 aliphatic rings. The minimum atomic E-state index is 1.12. The summed E-state index contributed by atoms with van der Waals surface area (Å²) in [5.74, 6) is 0. The summed E-state index contributed by atoms with van der Waals surface area (Å²) in [4.78, 5) is 2.32. The van der Waals surface area contributed by atoms with Crippen LogP contribution in [0.2, 0.25) is 0 Å². The van der Waals surface area contributed by atoms with Gasteiger partial charge in [0.1, 0.15) is 0 Å². The largest absolute Gasteiger partial charge is 0.311 e. The van der Waals surface area contributed by atoms with E-state index < -0.39 is 0 Å². The average molecular weight is 600 g/mol. The zero-order chi connectivity index (χ0) is 31.4. The summed E-state index contributed by atoms with van der Waals surface area (Å²) < 4.78 is 0. The number of hydrogen-bond donors (Lipinski definition) is 0. The topological polar surface area (TPSA) is 3.24 Å². The minimum Gasteiger partial charge on any atom is -0.311 e. The number of rotatable bonds is 7. The number of fused-ring (bicyclic) bond motifs is 1. The quantitative estimate of drug-likeness (QED) is 0.176. The Labute approximate surface area is 276 Å². The van der Waals surface area contributed by atoms with Crippen LogP contribution in [-0.2, 0) is 0 Å². The second kappa shape index (κ2) is 12.7. The molecule has 0 aliphatic carbocycles. The first kappa shape index (κ1) is 28.3. The lowest BCUT2D eigenvalue weighted by atomic mass is 9.95. The summed E-state index contributed by atoms with van der Waals surface area (Å²) >= 11 is 0. The van der Waals surface area contributed by atoms with Gasteiger partial charge in [-0.05, 0) is 104 Å². The predicted octanol–water partition coefficient (Wildman–Crippen LogP) is 13.0. The van der Waals surface area contributed by atoms with Gasteiger partial charge in [-0.3, -0.25) is 0 Å². The fourth-order valence-corrected chi connectivity index (χ4v) is 6.46. The van der Waals surface area contributed by atoms with Gasteiger partial charge in [-0.1, -0.05) is 152 Å². The van der Waals surface area contributed by atoms with Gasteiger partial charge in [0.15, 0.2) is 0 Å². The minimum absolute atomic E-state index is 1.12. The molecule has 8 aromatic rings. The Kier molecular flexibility index (Phi) is 7.63. The Morgan fingerprint density at radius 1 is 0.255 bits per heavy atom. The van der Waals surface area contributed by atoms with Gasteiger partial charge in [0.05, 0.1) is 0 Å². The molecule has 0 amide bonds. The number of para-hydroxylation sites is 1. The monoisotopic (exact) mass is 599 g/mol. The van der Waals surface area contributed by atoms with Crippen molar-refractivity contribution in [3.05, 3.63) is 200 Å². The van der Waals surface area contributed by atoms with Gasteiger partial charge in [0, 0.05) is 17.1 Å². The van der Waals surface area contributed by atoms with Gasteiger partial charge in [-0.15, -0.1) is 0 Å². The van der Waals surface area contributed by atoms with Crippen molar-refractivity contribution in [1.29, 1.82) is 0 Å². The molecule has 0 bridgehead atoms. The van der Waals surface area contributed by atoms with Crippen molar-refractivity contribution in [1.82, 2.24) is 0 Å². The van der Waals surface area contributed by atoms with Crippen LogP contribution in [0.15, 0.2) is 200 Å². The lowest BCUT2D eigenvalue weighted by molar-refractivity contribution is 1.28. The summed E-state index contributed by atoms with van der Waals surface area (Å²) in [5, 5.41) is 2.51. The summed E-state index contributed by atoms with van der Waals surface area (Å²) in [6.07, 6.45) is 0. The Balaban J connectivity index is 1.12. The van der Waals surface area contributed by atoms with Crippen LogP contribution in [0.3, 0.4) is 0 Å². The molecule has 0 radical (unpaired) electrons. The molecule has 0 N–H and O–H groups in total. The molecule has 0 spiro atoms. The molecular formula is C46H33N. The second-order valence-electron chi connectivity index (χ2n) is 11.8. The molecule has 47 heavy (non-hydrogen) atoms. The summed E-state index contributed by atoms with van der Waals surface area (Å²) in [5.41, 5.74) is 13.1. The molecule has 1 nitrogen and oxygen atoms in total. The fraction of sp³-hybridized carbons (Fsp3) is 0. The van der Waals surface area contributed by atoms with E-state index in [0.29, 0.717) is 0 Å². The number of benzene rings is 8. The van der Waals surface area contributed by atoms with Crippen LogP contribution in [0.1, 0.15) is 0 Å². The highest BCUT2D eigenvalue weighted by molar-refractivity contribution is 5.99. The van der Waals surface area contributed by atoms with Crippen molar-refractivity contribution in [2.75, 3.05) is 4.90 Å². The molecule has 8 rings (SSSR count). The van der Waals surface area contributed by atoms with E-state index in [1.54, 1.807) is 0 Å². The Hall–Kier alpha value is -6.18. The fourth-order valence-electron chi connectivity index (χ4n) is 6.46. The highest BCUT2D eigenvalue weighted by Crippen LogP contribution is 2.38. The van der Waals surface area contributed by atoms with Crippen LogP contribution in [0.5, 0.6) is 0 Å². The smallest absolute Gasteiger partial charge is 0.0462 e. The highest BCUT2D eigenvalue weighted by atomic mass is 15.1. The molecule has 0 aliphatic heterocycles. The van der Waals surface area contributed by atoms with Crippen LogP contribution in [0.25, 0.3) is 55.3 Å². The maximum Gasteiger partial charge on any atom is 0.0462 e. The molecule has 8 aromatic carbocycles. The van der Waals surface area contributed by atoms with Crippen LogP contribution in [0, 0.1) is 0 Å². The van der Waals surface area contributed by atoms with Crippen molar-refractivity contribution in [3.63, 3.8) is 0 Å². The molecule has 0 fully saturated rings. The maximum atomic E-state index is 2.33. The molecule has 1 heteroatoms. The third kappa shape index (κ3) is 5.83. The zero-order valence-corrected chi connectivity index (χ0v) is 26.0. The molecule has 222 valence electrons. The average Bonchev–Trinajstić information content (AvgIpc) is 3.16. The van der Waals surface area contributed by atoms with Crippen molar-refractivity contribution < 1.29 is 0 Å². The first-order chi connectivity index (χ1) is 23.3. The van der Waals surface area contributed by atoms with Gasteiger partial charge >= 0.3 is 0 Å². The van der Waals surface area contributed by atoms with E-state index >= 15 is 0 Å². The van der Waals surface area contributed by atoms with E-state index in [9.17, 15) is 0 Å². The number of nitrogens with zero attached hydrogens (tertiary/aromatic N) is 1. The third-order valence-electron chi connectivity index (χ3n) is 8.87. The van der Waals surface area contributed by atoms with Crippen LogP contribution >= 0.6 is 0 Å². The van der Waals surface area contributed by atoms with Crippen LogP contribution in [-0.4, -0.2) is 0 Å². The van der Waals surface area contributed by atoms with E-state index in [4.69, 9.17) is 0 Å². The second-order valence-corrected chi connectivity index (χ2v) is 11.8. The lowest BCUT2D eigenvalue weighted by Gasteiger charge is -2.26. The first-order valence-corrected chi connectivity index (χ1v) is 16.1. The lowest BCUT2D eigenvalue weighted by Crippen LogP contribution is -2.09. The molecule has 0 atom stereocenters. The van der Waals surface area contributed by atoms with E-state index in [1.807, 2.05) is 0 Å². The van der Waals surface area contributed by atoms with E-state index in [1.165, 1.54) is 55.3 Å². The van der Waals surface area contributed by atoms with Gasteiger partial charge in [0.25, 0.3) is 0 Å². The van der Waals surface area contributed by atoms with Crippen molar-refractivity contribution >= 4 is 27.8 Å². The molecule has 0 saturated carbocycles. The summed E-state index contributed by atoms with van der Waals surface area (Å²) in [6, 6.07) is 71.7. The van der Waals surface area contributed by atoms with Crippen molar-refractivity contribution in [3.8, 4) is 44.5 Å². The van der Waals surface area contributed by atoms with Gasteiger partial charge in [0.2, 0.25) is 0 Å². The third-order valence-corrected chi connectivity index (χ3v) is 8.87. The summed E-state index contributed by atoms with van der Waals surface area (Å²) in [6.45, 7) is 0. The Bertz CT molecular complexity index is 2250. The van der Waals surface area contributed by atoms with E-state index in [2.05, 4.69) is 205 Å². The van der Waals surface area contributed by atoms with Gasteiger partial charge in [-0.2, -0.15) is 0 Å². The molecule has 0 unspecified atom stereocenters. The zero-order valence-electron chi connectivity index (χ0n) is 26.0. The summed E-state index contributed by atoms with van der Waals surface area (Å²) in [7, 11) is 0. The van der Waals surface area contributed by atoms with Crippen LogP contribution in [0.4, 0.5) is 17.1 Å². The highest BCUT2D eigenvalue weighted by Gasteiger charge is 2.14. The first-order valence-electron chi connectivity index (χ1n) is 16.1. The van der Waals surface area contributed by atoms with Gasteiger partial charge in [-0.25, -0.2) is 0 Å². The molecular weight excluding hydrogens is 567 g/mol. The number of hydrogen-bond acceptors (Lipinski definition) is 1. The molecule has 0 heterocycles. The van der Waals surface area contributed by atoms with Crippen molar-refractivity contribution in [2.24, 2.45) is 0 Å². The predicted molar refractivity (Wildman–Crippen MR) is 200 cm³/mol. The normalized spacial score (nSPS) is 11.0. The Morgan fingerprint density at radius 2 is 0.681 bits per heavy atom. The maximum absolute atomic E-state index is 2.33.